The number of amides is 2. The Morgan fingerprint density at radius 2 is 1.86 bits per heavy atom. The largest absolute Gasteiger partial charge is 0.417 e. The van der Waals surface area contributed by atoms with Crippen LogP contribution in [0.15, 0.2) is 29.8 Å². The first-order valence-electron chi connectivity index (χ1n) is 5.66. The lowest BCUT2D eigenvalue weighted by Crippen LogP contribution is -2.29. The van der Waals surface area contributed by atoms with E-state index in [1.165, 1.54) is 6.20 Å². The Morgan fingerprint density at radius 3 is 2.45 bits per heavy atom. The molecule has 0 radical (unpaired) electrons. The van der Waals surface area contributed by atoms with Crippen LogP contribution in [0.1, 0.15) is 5.56 Å². The number of hydrogen-bond donors (Lipinski definition) is 2. The molecule has 116 valence electrons. The molecule has 2 aromatic rings. The van der Waals surface area contributed by atoms with Gasteiger partial charge in [0.25, 0.3) is 0 Å². The van der Waals surface area contributed by atoms with Crippen LogP contribution in [-0.2, 0) is 15.8 Å². The second-order valence-corrected chi connectivity index (χ2v) is 5.24. The maximum atomic E-state index is 12.7. The van der Waals surface area contributed by atoms with Crippen LogP contribution in [0.25, 0.3) is 0 Å². The first-order chi connectivity index (χ1) is 10.3. The summed E-state index contributed by atoms with van der Waals surface area (Å²) >= 11 is 6.55. The molecule has 0 atom stereocenters. The third-order valence-electron chi connectivity index (χ3n) is 2.39. The van der Waals surface area contributed by atoms with Gasteiger partial charge in [-0.15, -0.1) is 11.3 Å². The lowest BCUT2D eigenvalue weighted by molar-refractivity contribution is -0.137. The number of carbonyl (C=O) groups excluding carboxylic acids is 2. The van der Waals surface area contributed by atoms with Crippen LogP contribution in [0, 0.1) is 0 Å². The monoisotopic (exact) mass is 349 g/mol. The van der Waals surface area contributed by atoms with Crippen LogP contribution in [-0.4, -0.2) is 16.8 Å². The Hall–Kier alpha value is -2.13. The summed E-state index contributed by atoms with van der Waals surface area (Å²) < 4.78 is 38.1. The van der Waals surface area contributed by atoms with E-state index in [9.17, 15) is 22.8 Å². The predicted octanol–water partition coefficient (Wildman–Crippen LogP) is 3.39. The van der Waals surface area contributed by atoms with Gasteiger partial charge in [-0.25, -0.2) is 4.98 Å². The molecule has 0 unspecified atom stereocenters. The number of anilines is 2. The minimum Gasteiger partial charge on any atom is -0.318 e. The molecule has 2 N–H and O–H groups in total. The third-order valence-corrected chi connectivity index (χ3v) is 3.41. The minimum atomic E-state index is -4.67. The average molecular weight is 350 g/mol. The van der Waals surface area contributed by atoms with Gasteiger partial charge in [-0.05, 0) is 18.2 Å². The van der Waals surface area contributed by atoms with Crippen molar-refractivity contribution in [3.8, 4) is 0 Å². The number of aromatic nitrogens is 1. The van der Waals surface area contributed by atoms with E-state index in [1.807, 2.05) is 0 Å². The first kappa shape index (κ1) is 16.2. The van der Waals surface area contributed by atoms with Crippen molar-refractivity contribution in [1.29, 1.82) is 0 Å². The van der Waals surface area contributed by atoms with Gasteiger partial charge in [0.2, 0.25) is 0 Å². The van der Waals surface area contributed by atoms with Gasteiger partial charge in [0.05, 0.1) is 10.6 Å². The molecule has 0 saturated carbocycles. The number of thiazole rings is 1. The van der Waals surface area contributed by atoms with Gasteiger partial charge < -0.3 is 5.32 Å². The quantitative estimate of drug-likeness (QED) is 0.816. The van der Waals surface area contributed by atoms with E-state index in [1.54, 1.807) is 5.38 Å². The van der Waals surface area contributed by atoms with E-state index in [4.69, 9.17) is 11.6 Å². The molecular formula is C12H7ClF3N3O2S. The average Bonchev–Trinajstić information content (AvgIpc) is 2.92. The van der Waals surface area contributed by atoms with Crippen LogP contribution >= 0.6 is 22.9 Å². The highest BCUT2D eigenvalue weighted by Gasteiger charge is 2.33. The van der Waals surface area contributed by atoms with Gasteiger partial charge in [-0.3, -0.25) is 14.9 Å². The van der Waals surface area contributed by atoms with E-state index < -0.39 is 28.6 Å². The Morgan fingerprint density at radius 1 is 1.18 bits per heavy atom. The van der Waals surface area contributed by atoms with E-state index in [0.29, 0.717) is 6.07 Å². The zero-order chi connectivity index (χ0) is 16.3. The van der Waals surface area contributed by atoms with Crippen LogP contribution in [0.3, 0.4) is 0 Å². The number of alkyl halides is 3. The summed E-state index contributed by atoms with van der Waals surface area (Å²) in [5.74, 6) is -2.16. The standard InChI is InChI=1S/C12H7ClF3N3O2S/c13-8-2-1-6(5-7(8)12(14,15)16)18-9(20)10(21)19-11-17-3-4-22-11/h1-5H,(H,18,20)(H,17,19,21). The summed E-state index contributed by atoms with van der Waals surface area (Å²) in [4.78, 5) is 26.9. The van der Waals surface area contributed by atoms with Crippen molar-refractivity contribution >= 4 is 45.6 Å². The topological polar surface area (TPSA) is 71.1 Å². The van der Waals surface area contributed by atoms with Gasteiger partial charge in [0, 0.05) is 17.3 Å². The Bertz CT molecular complexity index is 704. The molecule has 2 amide bonds. The van der Waals surface area contributed by atoms with Crippen molar-refractivity contribution in [2.75, 3.05) is 10.6 Å². The molecule has 0 aliphatic carbocycles. The third kappa shape index (κ3) is 3.95. The van der Waals surface area contributed by atoms with Crippen molar-refractivity contribution in [2.45, 2.75) is 6.18 Å². The molecule has 22 heavy (non-hydrogen) atoms. The van der Waals surface area contributed by atoms with Crippen molar-refractivity contribution in [3.05, 3.63) is 40.4 Å². The molecule has 0 aliphatic rings. The Labute approximate surface area is 131 Å². The second kappa shape index (κ2) is 6.32. The SMILES string of the molecule is O=C(Nc1ccc(Cl)c(C(F)(F)F)c1)C(=O)Nc1nccs1. The van der Waals surface area contributed by atoms with Crippen LogP contribution in [0.5, 0.6) is 0 Å². The van der Waals surface area contributed by atoms with Crippen LogP contribution in [0.4, 0.5) is 24.0 Å². The summed E-state index contributed by atoms with van der Waals surface area (Å²) in [6.45, 7) is 0. The smallest absolute Gasteiger partial charge is 0.318 e. The molecule has 0 spiro atoms. The minimum absolute atomic E-state index is 0.198. The molecule has 2 rings (SSSR count). The fourth-order valence-corrected chi connectivity index (χ4v) is 2.20. The van der Waals surface area contributed by atoms with E-state index in [2.05, 4.69) is 15.6 Å². The first-order valence-corrected chi connectivity index (χ1v) is 6.91. The maximum absolute atomic E-state index is 12.7. The Kier molecular flexibility index (Phi) is 4.67. The van der Waals surface area contributed by atoms with E-state index in [-0.39, 0.29) is 10.8 Å². The molecule has 1 aromatic carbocycles. The van der Waals surface area contributed by atoms with Gasteiger partial charge in [0.1, 0.15) is 0 Å². The maximum Gasteiger partial charge on any atom is 0.417 e. The summed E-state index contributed by atoms with van der Waals surface area (Å²) in [5.41, 5.74) is -1.30. The van der Waals surface area contributed by atoms with Gasteiger partial charge in [0.15, 0.2) is 5.13 Å². The van der Waals surface area contributed by atoms with Crippen molar-refractivity contribution in [1.82, 2.24) is 4.98 Å². The number of carbonyl (C=O) groups is 2. The van der Waals surface area contributed by atoms with E-state index in [0.717, 1.165) is 23.5 Å². The fraction of sp³-hybridized carbons (Fsp3) is 0.0833. The normalized spacial score (nSPS) is 11.1. The number of nitrogens with one attached hydrogen (secondary N) is 2. The zero-order valence-corrected chi connectivity index (χ0v) is 12.1. The molecule has 0 aliphatic heterocycles. The lowest BCUT2D eigenvalue weighted by Gasteiger charge is -2.11. The molecule has 0 bridgehead atoms. The predicted molar refractivity (Wildman–Crippen MR) is 75.8 cm³/mol. The van der Waals surface area contributed by atoms with Crippen molar-refractivity contribution in [3.63, 3.8) is 0 Å². The molecule has 1 heterocycles. The zero-order valence-electron chi connectivity index (χ0n) is 10.6. The van der Waals surface area contributed by atoms with Gasteiger partial charge in [-0.2, -0.15) is 13.2 Å². The number of rotatable bonds is 2. The van der Waals surface area contributed by atoms with Crippen molar-refractivity contribution in [2.24, 2.45) is 0 Å². The fourth-order valence-electron chi connectivity index (χ4n) is 1.45. The molecule has 0 saturated heterocycles. The van der Waals surface area contributed by atoms with E-state index >= 15 is 0 Å². The highest BCUT2D eigenvalue weighted by molar-refractivity contribution is 7.13. The molecule has 10 heteroatoms. The summed E-state index contributed by atoms with van der Waals surface area (Å²) in [7, 11) is 0. The van der Waals surface area contributed by atoms with Gasteiger partial charge in [-0.1, -0.05) is 11.6 Å². The van der Waals surface area contributed by atoms with Gasteiger partial charge >= 0.3 is 18.0 Å². The highest BCUT2D eigenvalue weighted by Crippen LogP contribution is 2.36. The Balaban J connectivity index is 2.10. The number of halogens is 4. The van der Waals surface area contributed by atoms with Crippen LogP contribution < -0.4 is 10.6 Å². The highest BCUT2D eigenvalue weighted by atomic mass is 35.5. The number of hydrogen-bond acceptors (Lipinski definition) is 4. The molecule has 0 fully saturated rings. The van der Waals surface area contributed by atoms with Crippen LogP contribution in [0.2, 0.25) is 5.02 Å². The summed E-state index contributed by atoms with van der Waals surface area (Å²) in [6.07, 6.45) is -3.24. The second-order valence-electron chi connectivity index (χ2n) is 3.94. The lowest BCUT2D eigenvalue weighted by atomic mass is 10.2. The summed E-state index contributed by atoms with van der Waals surface area (Å²) in [5, 5.41) is 5.55. The molecule has 1 aromatic heterocycles. The molecular weight excluding hydrogens is 343 g/mol. The summed E-state index contributed by atoms with van der Waals surface area (Å²) in [6, 6.07) is 2.79. The number of benzene rings is 1. The molecule has 5 nitrogen and oxygen atoms in total. The van der Waals surface area contributed by atoms with Crippen molar-refractivity contribution < 1.29 is 22.8 Å². The number of nitrogens with zero attached hydrogens (tertiary/aromatic N) is 1.